The van der Waals surface area contributed by atoms with Gasteiger partial charge in [-0.3, -0.25) is 46.8 Å². The molecular weight excluding hydrogens is 1990 g/mol. The maximum Gasteiger partial charge on any atom is 0.305 e. The van der Waals surface area contributed by atoms with Crippen molar-refractivity contribution in [3.8, 4) is 0 Å². The number of rotatable bonds is 97. The first-order valence-electron chi connectivity index (χ1n) is 53.4. The number of allylic oxidation sites excluding steroid dienone is 8. The molecule has 10 N–H and O–H groups in total. The van der Waals surface area contributed by atoms with Crippen LogP contribution in [0, 0.1) is 37.1 Å². The third-order valence-corrected chi connectivity index (χ3v) is 24.3. The highest BCUT2D eigenvalue weighted by molar-refractivity contribution is 7.45. The Bertz CT molecular complexity index is 3160. The molecule has 0 aromatic heterocycles. The molecule has 0 rings (SSSR count). The van der Waals surface area contributed by atoms with Gasteiger partial charge < -0.3 is 121 Å². The van der Waals surface area contributed by atoms with Crippen molar-refractivity contribution in [2.24, 2.45) is 0 Å². The zero-order valence-corrected chi connectivity index (χ0v) is 96.5. The van der Waals surface area contributed by atoms with Crippen LogP contribution in [0.3, 0.4) is 0 Å². The summed E-state index contributed by atoms with van der Waals surface area (Å²) in [6, 6.07) is 0. The highest BCUT2D eigenvalue weighted by Gasteiger charge is 2.19. The second-order valence-electron chi connectivity index (χ2n) is 36.1. The van der Waals surface area contributed by atoms with E-state index in [9.17, 15) is 96.8 Å². The number of esters is 5. The number of unbranched alkanes of at least 4 members (excludes halogenated alkanes) is 54. The Kier molecular flexibility index (Phi) is 133. The van der Waals surface area contributed by atoms with Crippen LogP contribution in [-0.2, 0) is 93.1 Å². The predicted octanol–water partition coefficient (Wildman–Crippen LogP) is 22.9. The summed E-state index contributed by atoms with van der Waals surface area (Å²) in [5.74, 6) is -2.16. The molecule has 0 aliphatic carbocycles. The second-order valence-corrected chi connectivity index (χ2v) is 42.1. The number of ether oxygens (including phenoxy) is 5. The number of phosphoric ester groups is 5. The van der Waals surface area contributed by atoms with Crippen molar-refractivity contribution >= 4 is 69.0 Å². The molecule has 10 atom stereocenters. The summed E-state index contributed by atoms with van der Waals surface area (Å²) in [5.41, 5.74) is 0. The minimum absolute atomic E-state index is 0. The number of aliphatic hydroxyl groups is 5. The number of carbonyl (C=O) groups excluding carboxylic acids is 5. The molecule has 868 valence electrons. The summed E-state index contributed by atoms with van der Waals surface area (Å²) in [4.78, 5) is 151. The van der Waals surface area contributed by atoms with Crippen molar-refractivity contribution in [2.45, 2.75) is 502 Å². The fourth-order valence-corrected chi connectivity index (χ4v) is 15.6. The van der Waals surface area contributed by atoms with Crippen LogP contribution in [0.5, 0.6) is 0 Å². The van der Waals surface area contributed by atoms with Gasteiger partial charge in [0.05, 0.1) is 33.0 Å². The summed E-state index contributed by atoms with van der Waals surface area (Å²) in [5, 5.41) is 46.9. The van der Waals surface area contributed by atoms with Crippen LogP contribution in [0.25, 0.3) is 0 Å². The van der Waals surface area contributed by atoms with Crippen LogP contribution in [0.4, 0.5) is 0 Å². The highest BCUT2D eigenvalue weighted by atomic mass is 31.2. The van der Waals surface area contributed by atoms with Crippen molar-refractivity contribution < 1.29 is 168 Å². The number of hydrogen-bond donors (Lipinski definition) is 10. The van der Waals surface area contributed by atoms with Gasteiger partial charge in [0, 0.05) is 69.2 Å². The van der Waals surface area contributed by atoms with E-state index in [1.54, 1.807) is 0 Å². The molecule has 35 nitrogen and oxygen atoms in total. The molecule has 0 radical (unpaired) electrons. The lowest BCUT2D eigenvalue weighted by Crippen LogP contribution is -2.24. The van der Waals surface area contributed by atoms with Gasteiger partial charge >= 0.3 is 29.8 Å². The smallest absolute Gasteiger partial charge is 0.305 e. The maximum atomic E-state index is 11.5. The van der Waals surface area contributed by atoms with Gasteiger partial charge in [0.15, 0.2) is 0 Å². The molecule has 146 heavy (non-hydrogen) atoms. The van der Waals surface area contributed by atoms with E-state index in [-0.39, 0.29) is 102 Å². The Morgan fingerprint density at radius 1 is 0.199 bits per heavy atom. The predicted molar refractivity (Wildman–Crippen MR) is 575 cm³/mol. The van der Waals surface area contributed by atoms with Gasteiger partial charge in [-0.15, -0.1) is 0 Å². The highest BCUT2D eigenvalue weighted by Crippen LogP contribution is 2.34. The van der Waals surface area contributed by atoms with Crippen molar-refractivity contribution in [3.05, 3.63) is 85.7 Å². The fourth-order valence-electron chi connectivity index (χ4n) is 13.8. The number of hydrogen-bond acceptors (Lipinski definition) is 30. The van der Waals surface area contributed by atoms with E-state index in [2.05, 4.69) is 106 Å². The first kappa shape index (κ1) is 162. The van der Waals surface area contributed by atoms with Crippen LogP contribution in [0.2, 0.25) is 0 Å². The van der Waals surface area contributed by atoms with Gasteiger partial charge in [-0.05, 0) is 116 Å². The largest absolute Gasteiger partial charge is 0.756 e. The minimum atomic E-state index is -4.87. The van der Waals surface area contributed by atoms with E-state index in [0.29, 0.717) is 0 Å². The molecule has 40 heteroatoms. The van der Waals surface area contributed by atoms with E-state index in [4.69, 9.17) is 48.2 Å². The van der Waals surface area contributed by atoms with Crippen LogP contribution < -0.4 is 24.5 Å². The Hall–Kier alpha value is -3.99. The second kappa shape index (κ2) is 120. The third-order valence-electron chi connectivity index (χ3n) is 21.9. The summed E-state index contributed by atoms with van der Waals surface area (Å²) in [6.07, 6.45) is 87.8. The van der Waals surface area contributed by atoms with Gasteiger partial charge in [0.2, 0.25) is 0 Å². The molecular formula is C106H209O35P5. The van der Waals surface area contributed by atoms with Crippen LogP contribution in [-0.4, -0.2) is 176 Å². The Morgan fingerprint density at radius 3 is 0.466 bits per heavy atom. The molecule has 0 heterocycles. The Balaban J connectivity index is -0.000000196. The first-order valence-corrected chi connectivity index (χ1v) is 60.9. The lowest BCUT2D eigenvalue weighted by Gasteiger charge is -2.18. The molecule has 0 aliphatic rings. The molecule has 0 aromatic rings. The van der Waals surface area contributed by atoms with E-state index in [1.807, 2.05) is 0 Å². The Morgan fingerprint density at radius 2 is 0.315 bits per heavy atom. The van der Waals surface area contributed by atoms with Crippen molar-refractivity contribution in [2.75, 3.05) is 66.1 Å². The average molecular weight is 2200 g/mol. The van der Waals surface area contributed by atoms with Gasteiger partial charge in [0.1, 0.15) is 63.6 Å². The van der Waals surface area contributed by atoms with Gasteiger partial charge in [0.25, 0.3) is 39.1 Å². The molecule has 0 aliphatic heterocycles. The molecule has 0 aromatic carbocycles. The number of aliphatic hydroxyl groups excluding tert-OH is 5. The normalized spacial score (nSPS) is 14.3. The van der Waals surface area contributed by atoms with Crippen molar-refractivity contribution in [1.29, 1.82) is 0 Å². The summed E-state index contributed by atoms with van der Waals surface area (Å²) >= 11 is 0. The number of carbonyl (C=O) groups is 5. The van der Waals surface area contributed by atoms with E-state index in [1.165, 1.54) is 244 Å². The summed E-state index contributed by atoms with van der Waals surface area (Å²) in [6.45, 7) is 6.18. The van der Waals surface area contributed by atoms with Crippen molar-refractivity contribution in [1.82, 2.24) is 0 Å². The van der Waals surface area contributed by atoms with Crippen LogP contribution in [0.15, 0.2) is 48.6 Å². The molecule has 0 saturated carbocycles. The molecule has 0 spiro atoms. The zero-order valence-electron chi connectivity index (χ0n) is 92.1. The maximum absolute atomic E-state index is 11.5. The molecule has 5 unspecified atom stereocenters. The van der Waals surface area contributed by atoms with E-state index < -0.39 is 133 Å². The van der Waals surface area contributed by atoms with E-state index in [0.717, 1.165) is 161 Å². The monoisotopic (exact) mass is 2200 g/mol. The topological polar surface area (TPSA) is 581 Å². The minimum Gasteiger partial charge on any atom is -0.756 e. The standard InChI is InChI=1S/C21H43O7P.C21H41O7P.C21H39O7P.C19H39O7P.C19H37O7P.5CH3/c3*1-2-3-4-5-6-7-8-9-10-11-12-13-14-15-16-17-21(23)27-18-20(22)19-28-29(24,25)26;2*1-2-3-4-5-6-7-8-9-10-11-12-13-14-15-19(21)25-16-18(20)17-26-27(22,23)24;;;;;/h20,22H,2-19H2,1H3,(H2,24,25,26);9-10,20,22H,2-8,11-19H2,1H3,(H2,24,25,26);6-7,9-10,20,22H,2-5,8,11-19H2,1H3,(H2,24,25,26);18,20H,2-17H2,1H3,(H2,22,23,24);7-8,18,20H,2-6,9-17H2,1H3,(H2,22,23,24);5*1H3/q;;;;;5*+1/p-5/b;10-9-;7-6-,10-9-;;8-7-;;;;;/t3*20-;2*18-;;;;;/m11111...../s1. The molecule has 0 amide bonds. The zero-order chi connectivity index (χ0) is 106. The van der Waals surface area contributed by atoms with Gasteiger partial charge in [-0.2, -0.15) is 0 Å². The van der Waals surface area contributed by atoms with Crippen molar-refractivity contribution in [3.63, 3.8) is 0 Å². The third kappa shape index (κ3) is 155. The average Bonchev–Trinajstić information content (AvgIpc) is 0.973. The van der Waals surface area contributed by atoms with Gasteiger partial charge in [-0.25, -0.2) is 0 Å². The lowest BCUT2D eigenvalue weighted by atomic mass is 10.0. The first-order chi connectivity index (χ1) is 67.2. The van der Waals surface area contributed by atoms with E-state index >= 15 is 0 Å². The lowest BCUT2D eigenvalue weighted by molar-refractivity contribution is -0.223. The molecule has 0 bridgehead atoms. The number of phosphoric acid groups is 5. The van der Waals surface area contributed by atoms with Crippen LogP contribution >= 0.6 is 39.1 Å². The van der Waals surface area contributed by atoms with Gasteiger partial charge in [-0.1, -0.05) is 372 Å². The van der Waals surface area contributed by atoms with Crippen LogP contribution in [0.1, 0.15) is 471 Å². The summed E-state index contributed by atoms with van der Waals surface area (Å²) in [7, 11) is -24.3. The SMILES string of the molecule is CCCCC/C=C\C/C=C\CCCCCCCC(=O)OC[C@@H](O)COP(=O)([O-])O.CCCCCC/C=C\CCCCCCCC(=O)OC[C@@H](O)COP(=O)([O-])O.CCCCCCCC/C=C\CCCCCCCC(=O)OC[C@@H](O)COP(=O)([O-])O.CCCCCCCCCCCCCCCC(=O)OC[C@@H](O)COP(=O)([O-])O.CCCCCCCCCCCCCCCCCC(=O)OC[C@@H](O)COP(=O)([O-])O.[CH3+].[CH3+].[CH3+].[CH3+].[CH3+]. The molecule has 0 saturated heterocycles. The fraction of sp³-hybridized carbons (Fsp3) is 0.830. The molecule has 0 fully saturated rings. The quantitative estimate of drug-likeness (QED) is 0.00675. The Labute approximate surface area is 885 Å². The summed E-state index contributed by atoms with van der Waals surface area (Å²) < 4.78 is 96.1.